The number of hydrogen-bond acceptors (Lipinski definition) is 4. The van der Waals surface area contributed by atoms with Crippen molar-refractivity contribution in [2.24, 2.45) is 5.14 Å². The molecule has 0 atom stereocenters. The van der Waals surface area contributed by atoms with Crippen LogP contribution in [0.4, 0.5) is 10.1 Å². The van der Waals surface area contributed by atoms with E-state index in [1.165, 1.54) is 30.3 Å². The number of rotatable bonds is 4. The van der Waals surface area contributed by atoms with E-state index < -0.39 is 25.9 Å². The van der Waals surface area contributed by atoms with Crippen LogP contribution in [0.5, 0.6) is 0 Å². The Morgan fingerprint density at radius 1 is 1.00 bits per heavy atom. The van der Waals surface area contributed by atoms with Gasteiger partial charge in [-0.15, -0.1) is 0 Å². The van der Waals surface area contributed by atoms with E-state index in [-0.39, 0.29) is 15.5 Å². The summed E-state index contributed by atoms with van der Waals surface area (Å²) >= 11 is 0. The molecule has 0 unspecified atom stereocenters. The van der Waals surface area contributed by atoms with Gasteiger partial charge in [-0.3, -0.25) is 4.72 Å². The molecule has 2 aromatic carbocycles. The van der Waals surface area contributed by atoms with E-state index in [0.717, 1.165) is 12.1 Å². The Bertz CT molecular complexity index is 925. The third-order valence-electron chi connectivity index (χ3n) is 2.87. The van der Waals surface area contributed by atoms with Crippen LogP contribution in [0.3, 0.4) is 0 Å². The van der Waals surface area contributed by atoms with Gasteiger partial charge in [0.25, 0.3) is 10.0 Å². The van der Waals surface area contributed by atoms with Crippen molar-refractivity contribution in [1.29, 1.82) is 0 Å². The normalized spacial score (nSPS) is 12.1. The van der Waals surface area contributed by atoms with Crippen molar-refractivity contribution in [1.82, 2.24) is 0 Å². The Morgan fingerprint density at radius 2 is 1.64 bits per heavy atom. The first-order valence-corrected chi connectivity index (χ1v) is 9.04. The fourth-order valence-electron chi connectivity index (χ4n) is 1.69. The molecule has 0 aliphatic carbocycles. The first-order chi connectivity index (χ1) is 10.1. The molecule has 0 bridgehead atoms. The molecule has 0 aromatic heterocycles. The highest BCUT2D eigenvalue weighted by Gasteiger charge is 2.18. The van der Waals surface area contributed by atoms with Gasteiger partial charge in [0.15, 0.2) is 0 Å². The minimum absolute atomic E-state index is 0.0316. The van der Waals surface area contributed by atoms with E-state index in [2.05, 4.69) is 4.72 Å². The van der Waals surface area contributed by atoms with Gasteiger partial charge in [0.2, 0.25) is 10.0 Å². The molecule has 3 N–H and O–H groups in total. The number of halogens is 1. The summed E-state index contributed by atoms with van der Waals surface area (Å²) in [4.78, 5) is -0.620. The SMILES string of the molecule is Cc1ccc(NS(=O)(=O)c2cccc(S(N)(=O)=O)c2)cc1F. The molecule has 2 rings (SSSR count). The predicted octanol–water partition coefficient (Wildman–Crippen LogP) is 1.58. The van der Waals surface area contributed by atoms with Gasteiger partial charge in [-0.05, 0) is 42.8 Å². The van der Waals surface area contributed by atoms with Gasteiger partial charge in [-0.2, -0.15) is 0 Å². The van der Waals surface area contributed by atoms with E-state index in [4.69, 9.17) is 5.14 Å². The average molecular weight is 344 g/mol. The predicted molar refractivity (Wildman–Crippen MR) is 79.8 cm³/mol. The molecule has 0 radical (unpaired) electrons. The van der Waals surface area contributed by atoms with Crippen LogP contribution >= 0.6 is 0 Å². The van der Waals surface area contributed by atoms with Crippen LogP contribution in [0.15, 0.2) is 52.3 Å². The molecule has 118 valence electrons. The Hall–Kier alpha value is -1.97. The number of nitrogens with one attached hydrogen (secondary N) is 1. The van der Waals surface area contributed by atoms with Crippen molar-refractivity contribution in [3.8, 4) is 0 Å². The molecule has 22 heavy (non-hydrogen) atoms. The van der Waals surface area contributed by atoms with Crippen LogP contribution in [0.2, 0.25) is 0 Å². The van der Waals surface area contributed by atoms with Gasteiger partial charge in [0.1, 0.15) is 5.82 Å². The lowest BCUT2D eigenvalue weighted by Gasteiger charge is -2.09. The molecule has 0 spiro atoms. The minimum Gasteiger partial charge on any atom is -0.280 e. The minimum atomic E-state index is -4.06. The number of anilines is 1. The molecule has 0 saturated carbocycles. The quantitative estimate of drug-likeness (QED) is 0.878. The van der Waals surface area contributed by atoms with Crippen LogP contribution in [0, 0.1) is 12.7 Å². The monoisotopic (exact) mass is 344 g/mol. The van der Waals surface area contributed by atoms with E-state index in [1.807, 2.05) is 0 Å². The largest absolute Gasteiger partial charge is 0.280 e. The third kappa shape index (κ3) is 3.62. The fraction of sp³-hybridized carbons (Fsp3) is 0.0769. The Kier molecular flexibility index (Phi) is 4.23. The topological polar surface area (TPSA) is 106 Å². The molecule has 6 nitrogen and oxygen atoms in total. The van der Waals surface area contributed by atoms with Gasteiger partial charge >= 0.3 is 0 Å². The zero-order chi connectivity index (χ0) is 16.5. The van der Waals surface area contributed by atoms with Crippen molar-refractivity contribution in [2.75, 3.05) is 4.72 Å². The molecule has 0 aliphatic rings. The molecule has 0 heterocycles. The van der Waals surface area contributed by atoms with Crippen LogP contribution in [0.1, 0.15) is 5.56 Å². The second kappa shape index (κ2) is 5.67. The molecule has 0 fully saturated rings. The summed E-state index contributed by atoms with van der Waals surface area (Å²) in [5.74, 6) is -0.557. The summed E-state index contributed by atoms with van der Waals surface area (Å²) in [5.41, 5.74) is 0.406. The number of nitrogens with two attached hydrogens (primary N) is 1. The Labute approximate surface area is 127 Å². The van der Waals surface area contributed by atoms with Crippen LogP contribution in [0.25, 0.3) is 0 Å². The fourth-order valence-corrected chi connectivity index (χ4v) is 3.42. The van der Waals surface area contributed by atoms with Crippen molar-refractivity contribution in [3.05, 3.63) is 53.8 Å². The number of primary sulfonamides is 1. The standard InChI is InChI=1S/C13H13FN2O4S2/c1-9-5-6-10(7-13(9)14)16-22(19,20)12-4-2-3-11(8-12)21(15,17)18/h2-8,16H,1H3,(H2,15,17,18). The molecule has 0 saturated heterocycles. The first-order valence-electron chi connectivity index (χ1n) is 6.01. The summed E-state index contributed by atoms with van der Waals surface area (Å²) in [7, 11) is -8.09. The molecule has 0 amide bonds. The maximum absolute atomic E-state index is 13.4. The second-order valence-corrected chi connectivity index (χ2v) is 7.83. The second-order valence-electron chi connectivity index (χ2n) is 4.59. The zero-order valence-corrected chi connectivity index (χ0v) is 13.1. The zero-order valence-electron chi connectivity index (χ0n) is 11.4. The van der Waals surface area contributed by atoms with Crippen molar-refractivity contribution >= 4 is 25.7 Å². The van der Waals surface area contributed by atoms with E-state index in [9.17, 15) is 21.2 Å². The van der Waals surface area contributed by atoms with Crippen molar-refractivity contribution < 1.29 is 21.2 Å². The lowest BCUT2D eigenvalue weighted by atomic mass is 10.2. The van der Waals surface area contributed by atoms with E-state index in [1.54, 1.807) is 6.92 Å². The highest BCUT2D eigenvalue weighted by Crippen LogP contribution is 2.20. The molecule has 0 aliphatic heterocycles. The molecular weight excluding hydrogens is 331 g/mol. The Balaban J connectivity index is 2.40. The smallest absolute Gasteiger partial charge is 0.261 e. The van der Waals surface area contributed by atoms with Crippen molar-refractivity contribution in [2.45, 2.75) is 16.7 Å². The maximum Gasteiger partial charge on any atom is 0.261 e. The summed E-state index contributed by atoms with van der Waals surface area (Å²) in [6.07, 6.45) is 0. The molecule has 9 heteroatoms. The van der Waals surface area contributed by atoms with Gasteiger partial charge in [0.05, 0.1) is 15.5 Å². The van der Waals surface area contributed by atoms with Crippen molar-refractivity contribution in [3.63, 3.8) is 0 Å². The summed E-state index contributed by atoms with van der Waals surface area (Å²) in [6, 6.07) is 8.44. The highest BCUT2D eigenvalue weighted by atomic mass is 32.2. The first kappa shape index (κ1) is 16.4. The molecule has 2 aromatic rings. The van der Waals surface area contributed by atoms with Crippen LogP contribution < -0.4 is 9.86 Å². The van der Waals surface area contributed by atoms with Crippen LogP contribution in [-0.4, -0.2) is 16.8 Å². The number of aryl methyl sites for hydroxylation is 1. The van der Waals surface area contributed by atoms with E-state index >= 15 is 0 Å². The summed E-state index contributed by atoms with van der Waals surface area (Å²) < 4.78 is 62.6. The van der Waals surface area contributed by atoms with Crippen LogP contribution in [-0.2, 0) is 20.0 Å². The maximum atomic E-state index is 13.4. The number of benzene rings is 2. The third-order valence-corrected chi connectivity index (χ3v) is 5.16. The summed E-state index contributed by atoms with van der Waals surface area (Å²) in [6.45, 7) is 1.54. The Morgan fingerprint density at radius 3 is 2.23 bits per heavy atom. The average Bonchev–Trinajstić information content (AvgIpc) is 2.42. The lowest BCUT2D eigenvalue weighted by molar-refractivity contribution is 0.597. The number of hydrogen-bond donors (Lipinski definition) is 2. The van der Waals surface area contributed by atoms with E-state index in [0.29, 0.717) is 5.56 Å². The van der Waals surface area contributed by atoms with Gasteiger partial charge < -0.3 is 0 Å². The van der Waals surface area contributed by atoms with Gasteiger partial charge in [-0.1, -0.05) is 12.1 Å². The van der Waals surface area contributed by atoms with Gasteiger partial charge in [-0.25, -0.2) is 26.4 Å². The lowest BCUT2D eigenvalue weighted by Crippen LogP contribution is -2.16. The number of sulfonamides is 2. The highest BCUT2D eigenvalue weighted by molar-refractivity contribution is 7.93. The summed E-state index contributed by atoms with van der Waals surface area (Å²) in [5, 5.41) is 4.97. The molecular formula is C13H13FN2O4S2. The van der Waals surface area contributed by atoms with Gasteiger partial charge in [0, 0.05) is 0 Å².